The molecule has 6 nitrogen and oxygen atoms in total. The molecule has 0 aliphatic heterocycles. The lowest BCUT2D eigenvalue weighted by molar-refractivity contribution is -0.122. The van der Waals surface area contributed by atoms with E-state index >= 15 is 0 Å². The van der Waals surface area contributed by atoms with Gasteiger partial charge < -0.3 is 5.32 Å². The van der Waals surface area contributed by atoms with Crippen LogP contribution in [0.4, 0.5) is 0 Å². The van der Waals surface area contributed by atoms with Crippen molar-refractivity contribution in [3.63, 3.8) is 0 Å². The second-order valence-corrected chi connectivity index (χ2v) is 5.92. The minimum atomic E-state index is -0.161. The first-order valence-corrected chi connectivity index (χ1v) is 7.86. The number of rotatable bonds is 4. The fourth-order valence-corrected chi connectivity index (χ4v) is 3.01. The zero-order chi connectivity index (χ0) is 16.2. The maximum absolute atomic E-state index is 12.2. The van der Waals surface area contributed by atoms with Gasteiger partial charge in [0.05, 0.1) is 6.04 Å². The number of nitrogens with zero attached hydrogens (tertiary/aromatic N) is 4. The molecular formula is C17H19N5O. The molecule has 2 aromatic rings. The number of fused-ring (bicyclic) bond motifs is 1. The Morgan fingerprint density at radius 2 is 2.17 bits per heavy atom. The molecule has 0 unspecified atom stereocenters. The van der Waals surface area contributed by atoms with Gasteiger partial charge >= 0.3 is 0 Å². The Morgan fingerprint density at radius 1 is 1.39 bits per heavy atom. The second kappa shape index (κ2) is 6.61. The van der Waals surface area contributed by atoms with Crippen molar-refractivity contribution in [2.24, 2.45) is 0 Å². The molecule has 0 radical (unpaired) electrons. The van der Waals surface area contributed by atoms with Crippen molar-refractivity contribution in [2.45, 2.75) is 45.2 Å². The number of aryl methyl sites for hydroxylation is 2. The standard InChI is InChI=1S/C17H19N5O/c1-12(14-7-6-13-4-2-3-5-15(13)8-14)20-17(23)10-22-11-19-21-16(22)9-18/h6-8,11-12H,2-5,10H2,1H3,(H,20,23)/t12-/m0/s1. The first-order valence-electron chi connectivity index (χ1n) is 7.86. The van der Waals surface area contributed by atoms with Gasteiger partial charge in [-0.25, -0.2) is 0 Å². The summed E-state index contributed by atoms with van der Waals surface area (Å²) in [6.45, 7) is 2.02. The van der Waals surface area contributed by atoms with Crippen LogP contribution < -0.4 is 5.32 Å². The van der Waals surface area contributed by atoms with Gasteiger partial charge in [0, 0.05) is 0 Å². The molecule has 118 valence electrons. The summed E-state index contributed by atoms with van der Waals surface area (Å²) in [4.78, 5) is 12.2. The summed E-state index contributed by atoms with van der Waals surface area (Å²) >= 11 is 0. The van der Waals surface area contributed by atoms with Crippen molar-refractivity contribution in [2.75, 3.05) is 0 Å². The normalized spacial score (nSPS) is 14.6. The van der Waals surface area contributed by atoms with Crippen LogP contribution in [0.5, 0.6) is 0 Å². The number of hydrogen-bond donors (Lipinski definition) is 1. The van der Waals surface area contributed by atoms with Crippen LogP contribution in [0.25, 0.3) is 0 Å². The highest BCUT2D eigenvalue weighted by Gasteiger charge is 2.15. The predicted molar refractivity (Wildman–Crippen MR) is 84.4 cm³/mol. The number of amides is 1. The lowest BCUT2D eigenvalue weighted by atomic mass is 9.89. The fraction of sp³-hybridized carbons (Fsp3) is 0.412. The number of aromatic nitrogens is 3. The molecule has 23 heavy (non-hydrogen) atoms. The Labute approximate surface area is 135 Å². The highest BCUT2D eigenvalue weighted by atomic mass is 16.2. The number of hydrogen-bond acceptors (Lipinski definition) is 4. The lowest BCUT2D eigenvalue weighted by Gasteiger charge is -2.20. The third-order valence-corrected chi connectivity index (χ3v) is 4.28. The molecular weight excluding hydrogens is 290 g/mol. The molecule has 1 aliphatic carbocycles. The Bertz CT molecular complexity index is 759. The molecule has 1 heterocycles. The van der Waals surface area contributed by atoms with E-state index in [0.29, 0.717) is 0 Å². The summed E-state index contributed by atoms with van der Waals surface area (Å²) in [5.41, 5.74) is 3.95. The molecule has 1 aromatic carbocycles. The third-order valence-electron chi connectivity index (χ3n) is 4.28. The van der Waals surface area contributed by atoms with E-state index in [1.807, 2.05) is 13.0 Å². The van der Waals surface area contributed by atoms with E-state index in [2.05, 4.69) is 33.7 Å². The lowest BCUT2D eigenvalue weighted by Crippen LogP contribution is -2.30. The monoisotopic (exact) mass is 309 g/mol. The Kier molecular flexibility index (Phi) is 4.38. The summed E-state index contributed by atoms with van der Waals surface area (Å²) < 4.78 is 1.44. The molecule has 1 amide bonds. The quantitative estimate of drug-likeness (QED) is 0.935. The van der Waals surface area contributed by atoms with E-state index in [9.17, 15) is 4.79 Å². The van der Waals surface area contributed by atoms with Crippen LogP contribution >= 0.6 is 0 Å². The molecule has 0 spiro atoms. The van der Waals surface area contributed by atoms with Crippen molar-refractivity contribution < 1.29 is 4.79 Å². The number of nitriles is 1. The molecule has 1 atom stereocenters. The SMILES string of the molecule is C[C@H](NC(=O)Cn1cnnc1C#N)c1ccc2c(c1)CCCC2. The zero-order valence-electron chi connectivity index (χ0n) is 13.1. The summed E-state index contributed by atoms with van der Waals surface area (Å²) in [6.07, 6.45) is 6.17. The van der Waals surface area contributed by atoms with E-state index in [1.165, 1.54) is 34.9 Å². The van der Waals surface area contributed by atoms with E-state index in [-0.39, 0.29) is 24.3 Å². The number of carbonyl (C=O) groups excluding carboxylic acids is 1. The van der Waals surface area contributed by atoms with E-state index < -0.39 is 0 Å². The van der Waals surface area contributed by atoms with E-state index in [4.69, 9.17) is 5.26 Å². The predicted octanol–water partition coefficient (Wildman–Crippen LogP) is 1.91. The average Bonchev–Trinajstić information content (AvgIpc) is 3.01. The van der Waals surface area contributed by atoms with Gasteiger partial charge in [0.2, 0.25) is 11.7 Å². The topological polar surface area (TPSA) is 83.6 Å². The first-order chi connectivity index (χ1) is 11.2. The average molecular weight is 309 g/mol. The maximum atomic E-state index is 12.2. The van der Waals surface area contributed by atoms with Crippen molar-refractivity contribution in [1.29, 1.82) is 5.26 Å². The van der Waals surface area contributed by atoms with Gasteiger partial charge in [-0.3, -0.25) is 9.36 Å². The van der Waals surface area contributed by atoms with Crippen molar-refractivity contribution >= 4 is 5.91 Å². The van der Waals surface area contributed by atoms with Crippen LogP contribution in [0.2, 0.25) is 0 Å². The molecule has 1 aliphatic rings. The molecule has 0 saturated heterocycles. The third kappa shape index (κ3) is 3.39. The number of nitrogens with one attached hydrogen (secondary N) is 1. The van der Waals surface area contributed by atoms with E-state index in [1.54, 1.807) is 0 Å². The summed E-state index contributed by atoms with van der Waals surface area (Å²) in [7, 11) is 0. The maximum Gasteiger partial charge on any atom is 0.240 e. The van der Waals surface area contributed by atoms with E-state index in [0.717, 1.165) is 18.4 Å². The molecule has 1 N–H and O–H groups in total. The molecule has 0 fully saturated rings. The van der Waals surface area contributed by atoms with Crippen LogP contribution in [-0.4, -0.2) is 20.7 Å². The summed E-state index contributed by atoms with van der Waals surface area (Å²) in [5.74, 6) is -0.0203. The van der Waals surface area contributed by atoms with Gasteiger partial charge in [0.25, 0.3) is 0 Å². The molecule has 6 heteroatoms. The van der Waals surface area contributed by atoms with Crippen LogP contribution in [0, 0.1) is 11.3 Å². The highest BCUT2D eigenvalue weighted by molar-refractivity contribution is 5.76. The van der Waals surface area contributed by atoms with Gasteiger partial charge in [0.1, 0.15) is 18.9 Å². The first kappa shape index (κ1) is 15.2. The zero-order valence-corrected chi connectivity index (χ0v) is 13.1. The minimum Gasteiger partial charge on any atom is -0.348 e. The summed E-state index contributed by atoms with van der Waals surface area (Å²) in [5, 5.41) is 19.1. The van der Waals surface area contributed by atoms with Crippen molar-refractivity contribution in [1.82, 2.24) is 20.1 Å². The smallest absolute Gasteiger partial charge is 0.240 e. The summed E-state index contributed by atoms with van der Waals surface area (Å²) in [6, 6.07) is 8.32. The molecule has 1 aromatic heterocycles. The second-order valence-electron chi connectivity index (χ2n) is 5.92. The number of carbonyl (C=O) groups is 1. The van der Waals surface area contributed by atoms with Crippen LogP contribution in [0.15, 0.2) is 24.5 Å². The fourth-order valence-electron chi connectivity index (χ4n) is 3.01. The molecule has 0 bridgehead atoms. The number of benzene rings is 1. The van der Waals surface area contributed by atoms with Crippen LogP contribution in [0.3, 0.4) is 0 Å². The van der Waals surface area contributed by atoms with Crippen molar-refractivity contribution in [3.05, 3.63) is 47.0 Å². The highest BCUT2D eigenvalue weighted by Crippen LogP contribution is 2.24. The van der Waals surface area contributed by atoms with Gasteiger partial charge in [-0.1, -0.05) is 18.2 Å². The Morgan fingerprint density at radius 3 is 2.96 bits per heavy atom. The Balaban J connectivity index is 1.66. The Hall–Kier alpha value is -2.68. The minimum absolute atomic E-state index is 0.0468. The largest absolute Gasteiger partial charge is 0.348 e. The van der Waals surface area contributed by atoms with Crippen molar-refractivity contribution in [3.8, 4) is 6.07 Å². The molecule has 0 saturated carbocycles. The van der Waals surface area contributed by atoms with Gasteiger partial charge in [-0.05, 0) is 49.3 Å². The van der Waals surface area contributed by atoms with Gasteiger partial charge in [-0.15, -0.1) is 10.2 Å². The molecule has 3 rings (SSSR count). The van der Waals surface area contributed by atoms with Gasteiger partial charge in [-0.2, -0.15) is 5.26 Å². The van der Waals surface area contributed by atoms with Crippen LogP contribution in [-0.2, 0) is 24.2 Å². The van der Waals surface area contributed by atoms with Crippen LogP contribution in [0.1, 0.15) is 48.3 Å². The van der Waals surface area contributed by atoms with Gasteiger partial charge in [0.15, 0.2) is 0 Å².